The average Bonchev–Trinajstić information content (AvgIpc) is 2.86. The maximum Gasteiger partial charge on any atom is 0.321 e. The fourth-order valence-corrected chi connectivity index (χ4v) is 2.72. The molecule has 0 aliphatic carbocycles. The van der Waals surface area contributed by atoms with Gasteiger partial charge in [-0.1, -0.05) is 0 Å². The zero-order valence-corrected chi connectivity index (χ0v) is 12.0. The molecule has 1 aliphatic rings. The number of nitrogens with one attached hydrogen (secondary N) is 1. The van der Waals surface area contributed by atoms with Crippen molar-refractivity contribution in [3.8, 4) is 0 Å². The van der Waals surface area contributed by atoms with Gasteiger partial charge < -0.3 is 19.7 Å². The Morgan fingerprint density at radius 1 is 1.57 bits per heavy atom. The molecule has 1 aliphatic heterocycles. The lowest BCUT2D eigenvalue weighted by atomic mass is 9.99. The van der Waals surface area contributed by atoms with Crippen molar-refractivity contribution in [2.45, 2.75) is 19.8 Å². The van der Waals surface area contributed by atoms with Crippen LogP contribution in [0.4, 0.5) is 10.5 Å². The van der Waals surface area contributed by atoms with Gasteiger partial charge >= 0.3 is 6.03 Å². The number of urea groups is 1. The molecule has 0 radical (unpaired) electrons. The summed E-state index contributed by atoms with van der Waals surface area (Å²) in [6, 6.07) is 5.29. The molecule has 0 bridgehead atoms. The molecule has 6 heteroatoms. The Hall–Kier alpha value is -2.08. The van der Waals surface area contributed by atoms with Crippen molar-refractivity contribution in [3.63, 3.8) is 0 Å². The summed E-state index contributed by atoms with van der Waals surface area (Å²) in [4.78, 5) is 18.2. The number of nitrogens with zero attached hydrogens (tertiary/aromatic N) is 2. The SMILES string of the molecule is Cc1nc2ccc(NC(=O)N3CCCC(CO)C3)cc2o1. The molecule has 0 spiro atoms. The van der Waals surface area contributed by atoms with Crippen LogP contribution >= 0.6 is 0 Å². The Kier molecular flexibility index (Phi) is 3.79. The standard InChI is InChI=1S/C15H19N3O3/c1-10-16-13-5-4-12(7-14(13)21-10)17-15(20)18-6-2-3-11(8-18)9-19/h4-5,7,11,19H,2-3,6,8-9H2,1H3,(H,17,20). The molecule has 1 aromatic heterocycles. The number of amides is 2. The molecule has 0 saturated carbocycles. The quantitative estimate of drug-likeness (QED) is 0.889. The summed E-state index contributed by atoms with van der Waals surface area (Å²) in [7, 11) is 0. The van der Waals surface area contributed by atoms with Gasteiger partial charge in [0.05, 0.1) is 0 Å². The Morgan fingerprint density at radius 2 is 2.43 bits per heavy atom. The number of carbonyl (C=O) groups excluding carboxylic acids is 1. The number of carbonyl (C=O) groups is 1. The highest BCUT2D eigenvalue weighted by atomic mass is 16.3. The largest absolute Gasteiger partial charge is 0.441 e. The third-order valence-electron chi connectivity index (χ3n) is 3.81. The van der Waals surface area contributed by atoms with Gasteiger partial charge in [0, 0.05) is 38.4 Å². The Balaban J connectivity index is 1.70. The number of aromatic nitrogens is 1. The van der Waals surface area contributed by atoms with Crippen LogP contribution < -0.4 is 5.32 Å². The summed E-state index contributed by atoms with van der Waals surface area (Å²) >= 11 is 0. The minimum Gasteiger partial charge on any atom is -0.441 e. The number of aliphatic hydroxyl groups excluding tert-OH is 1. The van der Waals surface area contributed by atoms with Gasteiger partial charge in [-0.15, -0.1) is 0 Å². The van der Waals surface area contributed by atoms with Gasteiger partial charge in [-0.25, -0.2) is 9.78 Å². The average molecular weight is 289 g/mol. The number of aliphatic hydroxyl groups is 1. The smallest absolute Gasteiger partial charge is 0.321 e. The molecule has 1 fully saturated rings. The predicted octanol–water partition coefficient (Wildman–Crippen LogP) is 2.37. The predicted molar refractivity (Wildman–Crippen MR) is 79.1 cm³/mol. The topological polar surface area (TPSA) is 78.6 Å². The van der Waals surface area contributed by atoms with Gasteiger partial charge in [0.1, 0.15) is 5.52 Å². The lowest BCUT2D eigenvalue weighted by molar-refractivity contribution is 0.136. The molecule has 2 amide bonds. The first-order valence-corrected chi connectivity index (χ1v) is 7.19. The summed E-state index contributed by atoms with van der Waals surface area (Å²) in [6.07, 6.45) is 1.91. The number of piperidine rings is 1. The van der Waals surface area contributed by atoms with Crippen molar-refractivity contribution < 1.29 is 14.3 Å². The molecule has 2 heterocycles. The van der Waals surface area contributed by atoms with Crippen LogP contribution in [0.1, 0.15) is 18.7 Å². The summed E-state index contributed by atoms with van der Waals surface area (Å²) < 4.78 is 5.46. The molecule has 6 nitrogen and oxygen atoms in total. The highest BCUT2D eigenvalue weighted by Crippen LogP contribution is 2.21. The van der Waals surface area contributed by atoms with Crippen molar-refractivity contribution in [2.24, 2.45) is 5.92 Å². The van der Waals surface area contributed by atoms with Crippen molar-refractivity contribution in [1.82, 2.24) is 9.88 Å². The molecular formula is C15H19N3O3. The molecule has 1 aromatic carbocycles. The first-order chi connectivity index (χ1) is 10.2. The number of hydrogen-bond acceptors (Lipinski definition) is 4. The third-order valence-corrected chi connectivity index (χ3v) is 3.81. The number of hydrogen-bond donors (Lipinski definition) is 2. The third kappa shape index (κ3) is 3.00. The summed E-state index contributed by atoms with van der Waals surface area (Å²) in [5.41, 5.74) is 2.13. The minimum absolute atomic E-state index is 0.132. The van der Waals surface area contributed by atoms with Gasteiger partial charge in [0.2, 0.25) is 0 Å². The first-order valence-electron chi connectivity index (χ1n) is 7.19. The molecule has 21 heavy (non-hydrogen) atoms. The van der Waals surface area contributed by atoms with Crippen LogP contribution in [0.2, 0.25) is 0 Å². The molecule has 1 saturated heterocycles. The molecule has 112 valence electrons. The molecule has 3 rings (SSSR count). The van der Waals surface area contributed by atoms with Crippen LogP contribution in [0, 0.1) is 12.8 Å². The normalized spacial score (nSPS) is 19.0. The Labute approximate surface area is 122 Å². The van der Waals surface area contributed by atoms with E-state index in [1.54, 1.807) is 17.9 Å². The van der Waals surface area contributed by atoms with E-state index in [9.17, 15) is 9.90 Å². The van der Waals surface area contributed by atoms with Gasteiger partial charge in [0.15, 0.2) is 11.5 Å². The van der Waals surface area contributed by atoms with Gasteiger partial charge in [-0.2, -0.15) is 0 Å². The fraction of sp³-hybridized carbons (Fsp3) is 0.467. The first kappa shape index (κ1) is 13.9. The maximum atomic E-state index is 12.3. The number of benzene rings is 1. The lowest BCUT2D eigenvalue weighted by Crippen LogP contribution is -2.43. The van der Waals surface area contributed by atoms with Crippen LogP contribution in [-0.2, 0) is 0 Å². The van der Waals surface area contributed by atoms with Gasteiger partial charge in [-0.05, 0) is 30.9 Å². The molecule has 2 N–H and O–H groups in total. The maximum absolute atomic E-state index is 12.3. The van der Waals surface area contributed by atoms with Crippen LogP contribution in [0.5, 0.6) is 0 Å². The second-order valence-electron chi connectivity index (χ2n) is 5.48. The summed E-state index contributed by atoms with van der Waals surface area (Å²) in [5, 5.41) is 12.1. The lowest BCUT2D eigenvalue weighted by Gasteiger charge is -2.31. The van der Waals surface area contributed by atoms with Gasteiger partial charge in [-0.3, -0.25) is 0 Å². The molecule has 1 atom stereocenters. The number of fused-ring (bicyclic) bond motifs is 1. The van der Waals surface area contributed by atoms with Crippen molar-refractivity contribution in [1.29, 1.82) is 0 Å². The van der Waals surface area contributed by atoms with Crippen LogP contribution in [-0.4, -0.2) is 40.7 Å². The zero-order valence-electron chi connectivity index (χ0n) is 12.0. The van der Waals surface area contributed by atoms with E-state index in [2.05, 4.69) is 10.3 Å². The van der Waals surface area contributed by atoms with Crippen LogP contribution in [0.15, 0.2) is 22.6 Å². The van der Waals surface area contributed by atoms with E-state index in [0.29, 0.717) is 23.7 Å². The Bertz CT molecular complexity index is 653. The molecule has 1 unspecified atom stereocenters. The summed E-state index contributed by atoms with van der Waals surface area (Å²) in [5.74, 6) is 0.791. The number of oxazole rings is 1. The van der Waals surface area contributed by atoms with E-state index in [1.807, 2.05) is 12.1 Å². The monoisotopic (exact) mass is 289 g/mol. The highest BCUT2D eigenvalue weighted by Gasteiger charge is 2.23. The van der Waals surface area contributed by atoms with Crippen molar-refractivity contribution >= 4 is 22.8 Å². The van der Waals surface area contributed by atoms with E-state index in [0.717, 1.165) is 24.9 Å². The van der Waals surface area contributed by atoms with Crippen LogP contribution in [0.3, 0.4) is 0 Å². The van der Waals surface area contributed by atoms with E-state index in [4.69, 9.17) is 4.42 Å². The number of rotatable bonds is 2. The Morgan fingerprint density at radius 3 is 3.24 bits per heavy atom. The second-order valence-corrected chi connectivity index (χ2v) is 5.48. The van der Waals surface area contributed by atoms with E-state index >= 15 is 0 Å². The fourth-order valence-electron chi connectivity index (χ4n) is 2.72. The van der Waals surface area contributed by atoms with E-state index in [-0.39, 0.29) is 18.6 Å². The second kappa shape index (κ2) is 5.73. The summed E-state index contributed by atoms with van der Waals surface area (Å²) in [6.45, 7) is 3.26. The molecule has 2 aromatic rings. The van der Waals surface area contributed by atoms with E-state index in [1.165, 1.54) is 0 Å². The number of likely N-dealkylation sites (tertiary alicyclic amines) is 1. The number of anilines is 1. The number of aryl methyl sites for hydroxylation is 1. The molecular weight excluding hydrogens is 270 g/mol. The highest BCUT2D eigenvalue weighted by molar-refractivity contribution is 5.91. The van der Waals surface area contributed by atoms with E-state index < -0.39 is 0 Å². The minimum atomic E-state index is -0.135. The zero-order chi connectivity index (χ0) is 14.8. The van der Waals surface area contributed by atoms with Crippen molar-refractivity contribution in [2.75, 3.05) is 25.0 Å². The van der Waals surface area contributed by atoms with Gasteiger partial charge in [0.25, 0.3) is 0 Å². The van der Waals surface area contributed by atoms with Crippen molar-refractivity contribution in [3.05, 3.63) is 24.1 Å². The van der Waals surface area contributed by atoms with Crippen LogP contribution in [0.25, 0.3) is 11.1 Å².